The molecule has 1 fully saturated rings. The molecule has 2 aromatic carbocycles. The highest BCUT2D eigenvalue weighted by atomic mass is 127. The Bertz CT molecular complexity index is 870. The number of hydrogen-bond acceptors (Lipinski definition) is 5. The van der Waals surface area contributed by atoms with E-state index in [4.69, 9.17) is 18.9 Å². The molecule has 0 saturated carbocycles. The van der Waals surface area contributed by atoms with Crippen LogP contribution in [0.2, 0.25) is 0 Å². The van der Waals surface area contributed by atoms with E-state index in [0.29, 0.717) is 31.4 Å². The summed E-state index contributed by atoms with van der Waals surface area (Å²) in [6.07, 6.45) is 1.04. The molecule has 0 radical (unpaired) electrons. The van der Waals surface area contributed by atoms with Crippen molar-refractivity contribution in [2.75, 3.05) is 34.5 Å². The zero-order valence-electron chi connectivity index (χ0n) is 18.6. The highest BCUT2D eigenvalue weighted by Crippen LogP contribution is 2.30. The Labute approximate surface area is 201 Å². The summed E-state index contributed by atoms with van der Waals surface area (Å²) in [6.45, 7) is 4.62. The molecule has 0 amide bonds. The molecule has 0 spiro atoms. The molecule has 1 heterocycles. The van der Waals surface area contributed by atoms with Gasteiger partial charge in [-0.05, 0) is 24.6 Å². The van der Waals surface area contributed by atoms with Crippen LogP contribution in [0.1, 0.15) is 23.1 Å². The largest absolute Gasteiger partial charge is 0.493 e. The van der Waals surface area contributed by atoms with Crippen LogP contribution < -0.4 is 24.8 Å². The van der Waals surface area contributed by atoms with Gasteiger partial charge in [-0.2, -0.15) is 0 Å². The Hall–Kier alpha value is -2.20. The van der Waals surface area contributed by atoms with Gasteiger partial charge in [0, 0.05) is 37.7 Å². The lowest BCUT2D eigenvalue weighted by Gasteiger charge is -2.18. The molecule has 8 heteroatoms. The van der Waals surface area contributed by atoms with Crippen LogP contribution in [0.25, 0.3) is 0 Å². The molecule has 3 rings (SSSR count). The summed E-state index contributed by atoms with van der Waals surface area (Å²) in [7, 11) is 5.03. The minimum absolute atomic E-state index is 0. The Morgan fingerprint density at radius 3 is 2.48 bits per heavy atom. The van der Waals surface area contributed by atoms with E-state index in [0.717, 1.165) is 35.7 Å². The number of ether oxygens (including phenoxy) is 4. The number of para-hydroxylation sites is 1. The molecule has 0 aromatic heterocycles. The number of methoxy groups -OCH3 is 2. The van der Waals surface area contributed by atoms with Crippen molar-refractivity contribution >= 4 is 29.9 Å². The summed E-state index contributed by atoms with van der Waals surface area (Å²) in [5.41, 5.74) is 3.23. The molecule has 1 unspecified atom stereocenters. The lowest BCUT2D eigenvalue weighted by Crippen LogP contribution is -2.36. The minimum Gasteiger partial charge on any atom is -0.493 e. The van der Waals surface area contributed by atoms with Crippen molar-refractivity contribution in [3.8, 4) is 17.2 Å². The summed E-state index contributed by atoms with van der Waals surface area (Å²) in [5, 5.41) is 6.69. The van der Waals surface area contributed by atoms with Crippen LogP contribution in [0.3, 0.4) is 0 Å². The van der Waals surface area contributed by atoms with Gasteiger partial charge < -0.3 is 29.6 Å². The quantitative estimate of drug-likeness (QED) is 0.302. The third-order valence-electron chi connectivity index (χ3n) is 5.00. The number of rotatable bonds is 8. The molecular weight excluding hydrogens is 509 g/mol. The number of nitrogens with zero attached hydrogens (tertiary/aromatic N) is 1. The fraction of sp³-hybridized carbons (Fsp3) is 0.435. The van der Waals surface area contributed by atoms with Crippen molar-refractivity contribution in [3.63, 3.8) is 0 Å². The third-order valence-corrected chi connectivity index (χ3v) is 5.00. The van der Waals surface area contributed by atoms with Gasteiger partial charge in [-0.25, -0.2) is 0 Å². The van der Waals surface area contributed by atoms with Crippen LogP contribution in [-0.4, -0.2) is 46.5 Å². The second kappa shape index (κ2) is 12.6. The zero-order chi connectivity index (χ0) is 21.3. The molecule has 2 N–H and O–H groups in total. The van der Waals surface area contributed by atoms with Gasteiger partial charge in [0.15, 0.2) is 17.5 Å². The number of benzene rings is 2. The van der Waals surface area contributed by atoms with Crippen molar-refractivity contribution in [2.45, 2.75) is 32.5 Å². The van der Waals surface area contributed by atoms with Gasteiger partial charge in [-0.1, -0.05) is 24.3 Å². The van der Waals surface area contributed by atoms with Crippen LogP contribution in [0.5, 0.6) is 17.2 Å². The van der Waals surface area contributed by atoms with E-state index in [1.54, 1.807) is 21.3 Å². The Morgan fingerprint density at radius 2 is 1.84 bits per heavy atom. The average molecular weight is 541 g/mol. The maximum Gasteiger partial charge on any atom is 0.191 e. The average Bonchev–Trinajstić information content (AvgIpc) is 3.27. The highest BCUT2D eigenvalue weighted by Gasteiger charge is 2.19. The van der Waals surface area contributed by atoms with Gasteiger partial charge in [0.05, 0.1) is 27.4 Å². The SMILES string of the molecule is CN=C(NCc1ccc(C)cc1OC1CCOC1)NCc1cccc(OC)c1OC.I. The first-order valence-corrected chi connectivity index (χ1v) is 10.1. The zero-order valence-corrected chi connectivity index (χ0v) is 20.9. The third kappa shape index (κ3) is 6.90. The first-order valence-electron chi connectivity index (χ1n) is 10.1. The number of hydrogen-bond donors (Lipinski definition) is 2. The molecule has 170 valence electrons. The monoisotopic (exact) mass is 541 g/mol. The number of aliphatic imine (C=N–C) groups is 1. The first kappa shape index (κ1) is 25.1. The second-order valence-electron chi connectivity index (χ2n) is 7.15. The van der Waals surface area contributed by atoms with Crippen LogP contribution in [0, 0.1) is 6.92 Å². The molecule has 31 heavy (non-hydrogen) atoms. The molecular formula is C23H32IN3O4. The number of aryl methyl sites for hydroxylation is 1. The van der Waals surface area contributed by atoms with Crippen LogP contribution >= 0.6 is 24.0 Å². The minimum atomic E-state index is 0. The van der Waals surface area contributed by atoms with Crippen molar-refractivity contribution in [1.29, 1.82) is 0 Å². The Morgan fingerprint density at radius 1 is 1.06 bits per heavy atom. The maximum atomic E-state index is 6.18. The number of halogens is 1. The first-order chi connectivity index (χ1) is 14.6. The summed E-state index contributed by atoms with van der Waals surface area (Å²) >= 11 is 0. The molecule has 1 aliphatic heterocycles. The predicted octanol–water partition coefficient (Wildman–Crippen LogP) is 3.66. The fourth-order valence-electron chi connectivity index (χ4n) is 3.37. The van der Waals surface area contributed by atoms with E-state index in [1.165, 1.54) is 5.56 Å². The topological polar surface area (TPSA) is 73.3 Å². The van der Waals surface area contributed by atoms with Crippen molar-refractivity contribution in [1.82, 2.24) is 10.6 Å². The van der Waals surface area contributed by atoms with Gasteiger partial charge in [0.2, 0.25) is 0 Å². The van der Waals surface area contributed by atoms with E-state index in [1.807, 2.05) is 18.2 Å². The summed E-state index contributed by atoms with van der Waals surface area (Å²) in [6, 6.07) is 12.1. The molecule has 1 aliphatic rings. The lowest BCUT2D eigenvalue weighted by atomic mass is 10.1. The van der Waals surface area contributed by atoms with Crippen molar-refractivity contribution in [2.24, 2.45) is 4.99 Å². The van der Waals surface area contributed by atoms with Crippen LogP contribution in [-0.2, 0) is 17.8 Å². The fourth-order valence-corrected chi connectivity index (χ4v) is 3.37. The second-order valence-corrected chi connectivity index (χ2v) is 7.15. The maximum absolute atomic E-state index is 6.18. The normalized spacial score (nSPS) is 15.7. The summed E-state index contributed by atoms with van der Waals surface area (Å²) in [4.78, 5) is 4.33. The lowest BCUT2D eigenvalue weighted by molar-refractivity contribution is 0.140. The molecule has 0 aliphatic carbocycles. The molecule has 7 nitrogen and oxygen atoms in total. The Kier molecular flexibility index (Phi) is 10.2. The van der Waals surface area contributed by atoms with Gasteiger partial charge in [-0.15, -0.1) is 24.0 Å². The van der Waals surface area contributed by atoms with Crippen molar-refractivity contribution < 1.29 is 18.9 Å². The summed E-state index contributed by atoms with van der Waals surface area (Å²) < 4.78 is 22.5. The van der Waals surface area contributed by atoms with Gasteiger partial charge in [0.25, 0.3) is 0 Å². The highest BCUT2D eigenvalue weighted by molar-refractivity contribution is 14.0. The van der Waals surface area contributed by atoms with E-state index in [2.05, 4.69) is 40.7 Å². The van der Waals surface area contributed by atoms with E-state index < -0.39 is 0 Å². The Balaban J connectivity index is 0.00000341. The van der Waals surface area contributed by atoms with Gasteiger partial charge in [0.1, 0.15) is 11.9 Å². The van der Waals surface area contributed by atoms with E-state index in [9.17, 15) is 0 Å². The summed E-state index contributed by atoms with van der Waals surface area (Å²) in [5.74, 6) is 3.01. The standard InChI is InChI=1S/C23H31N3O4.HI/c1-16-8-9-17(21(12-16)30-19-10-11-29-15-19)13-25-23(24-2)26-14-18-6-5-7-20(27-3)22(18)28-4;/h5-9,12,19H,10-11,13-15H2,1-4H3,(H2,24,25,26);1H. The van der Waals surface area contributed by atoms with E-state index >= 15 is 0 Å². The predicted molar refractivity (Wildman–Crippen MR) is 133 cm³/mol. The molecule has 1 saturated heterocycles. The smallest absolute Gasteiger partial charge is 0.191 e. The number of guanidine groups is 1. The molecule has 0 bridgehead atoms. The molecule has 2 aromatic rings. The van der Waals surface area contributed by atoms with Gasteiger partial charge in [-0.3, -0.25) is 4.99 Å². The van der Waals surface area contributed by atoms with Gasteiger partial charge >= 0.3 is 0 Å². The molecule has 1 atom stereocenters. The van der Waals surface area contributed by atoms with E-state index in [-0.39, 0.29) is 30.1 Å². The van der Waals surface area contributed by atoms with Crippen LogP contribution in [0.15, 0.2) is 41.4 Å². The number of nitrogens with one attached hydrogen (secondary N) is 2. The van der Waals surface area contributed by atoms with Crippen molar-refractivity contribution in [3.05, 3.63) is 53.1 Å². The van der Waals surface area contributed by atoms with Crippen LogP contribution in [0.4, 0.5) is 0 Å².